The molecule has 0 radical (unpaired) electrons. The number of methoxy groups -OCH3 is 1. The van der Waals surface area contributed by atoms with E-state index in [4.69, 9.17) is 4.74 Å². The Bertz CT molecular complexity index is 1200. The van der Waals surface area contributed by atoms with Gasteiger partial charge in [0.25, 0.3) is 0 Å². The number of nitrogens with one attached hydrogen (secondary N) is 1. The van der Waals surface area contributed by atoms with E-state index in [1.54, 1.807) is 6.92 Å². The molecular formula is C32H47NO7. The molecule has 10 unspecified atom stereocenters. The van der Waals surface area contributed by atoms with Crippen molar-refractivity contribution >= 4 is 23.8 Å². The van der Waals surface area contributed by atoms with Crippen LogP contribution in [0.1, 0.15) is 99.3 Å². The summed E-state index contributed by atoms with van der Waals surface area (Å²) in [5, 5.41) is 23.6. The molecule has 5 aliphatic rings. The fraction of sp³-hybridized carbons (Fsp3) is 0.812. The lowest BCUT2D eigenvalue weighted by Gasteiger charge is -2.70. The summed E-state index contributed by atoms with van der Waals surface area (Å²) < 4.78 is 4.96. The third-order valence-corrected chi connectivity index (χ3v) is 13.7. The maximum absolute atomic E-state index is 14.5. The monoisotopic (exact) mass is 557 g/mol. The average Bonchev–Trinajstić information content (AvgIpc) is 2.86. The van der Waals surface area contributed by atoms with Gasteiger partial charge in [-0.3, -0.25) is 14.4 Å². The fourth-order valence-electron chi connectivity index (χ4n) is 11.0. The van der Waals surface area contributed by atoms with Crippen molar-refractivity contribution in [3.8, 4) is 0 Å². The second kappa shape index (κ2) is 8.81. The first-order valence-electron chi connectivity index (χ1n) is 15.0. The van der Waals surface area contributed by atoms with E-state index in [1.165, 1.54) is 7.11 Å². The zero-order valence-corrected chi connectivity index (χ0v) is 25.2. The molecule has 222 valence electrons. The van der Waals surface area contributed by atoms with Gasteiger partial charge in [-0.2, -0.15) is 0 Å². The normalized spacial score (nSPS) is 49.8. The Labute approximate surface area is 237 Å². The molecule has 5 rings (SSSR count). The van der Waals surface area contributed by atoms with Crippen molar-refractivity contribution in [2.45, 2.75) is 105 Å². The first-order valence-corrected chi connectivity index (χ1v) is 15.0. The minimum atomic E-state index is -1.21. The van der Waals surface area contributed by atoms with Crippen molar-refractivity contribution in [1.82, 2.24) is 5.32 Å². The van der Waals surface area contributed by atoms with Crippen molar-refractivity contribution < 1.29 is 34.1 Å². The Morgan fingerprint density at radius 2 is 1.50 bits per heavy atom. The van der Waals surface area contributed by atoms with E-state index >= 15 is 0 Å². The second-order valence-electron chi connectivity index (χ2n) is 15.3. The van der Waals surface area contributed by atoms with Crippen LogP contribution >= 0.6 is 0 Å². The third-order valence-electron chi connectivity index (χ3n) is 13.7. The van der Waals surface area contributed by atoms with E-state index in [1.807, 2.05) is 13.0 Å². The highest BCUT2D eigenvalue weighted by atomic mass is 16.5. The minimum Gasteiger partial charge on any atom is -0.481 e. The maximum atomic E-state index is 14.5. The number of carboxylic acid groups (broad SMARTS) is 2. The predicted octanol–water partition coefficient (Wildman–Crippen LogP) is 5.84. The van der Waals surface area contributed by atoms with Gasteiger partial charge in [-0.25, -0.2) is 4.79 Å². The number of ether oxygens (including phenoxy) is 1. The van der Waals surface area contributed by atoms with Crippen LogP contribution in [-0.2, 0) is 19.1 Å². The first-order chi connectivity index (χ1) is 18.4. The number of amides is 1. The van der Waals surface area contributed by atoms with E-state index in [9.17, 15) is 29.4 Å². The Balaban J connectivity index is 1.68. The molecule has 0 heterocycles. The van der Waals surface area contributed by atoms with Crippen LogP contribution in [0.4, 0.5) is 4.79 Å². The summed E-state index contributed by atoms with van der Waals surface area (Å²) in [7, 11) is 1.28. The molecule has 8 nitrogen and oxygen atoms in total. The SMILES string of the molecule is COC(=O)NC1C2C3=CC(=O)C4C5(C)CCCC(C)(C(=O)O)C5CCC4(C)C3(C)CCC2(C)CCC1(C)C(=O)O. The number of carbonyl (C=O) groups excluding carboxylic acids is 2. The molecule has 1 amide bonds. The molecule has 10 atom stereocenters. The molecule has 3 N–H and O–H groups in total. The van der Waals surface area contributed by atoms with Gasteiger partial charge in [-0.15, -0.1) is 0 Å². The lowest BCUT2D eigenvalue weighted by Crippen LogP contribution is -2.69. The van der Waals surface area contributed by atoms with E-state index in [0.29, 0.717) is 19.3 Å². The van der Waals surface area contributed by atoms with Crippen molar-refractivity contribution in [3.63, 3.8) is 0 Å². The molecule has 0 aromatic rings. The minimum absolute atomic E-state index is 0.0421. The predicted molar refractivity (Wildman–Crippen MR) is 148 cm³/mol. The quantitative estimate of drug-likeness (QED) is 0.397. The van der Waals surface area contributed by atoms with E-state index in [2.05, 4.69) is 33.0 Å². The van der Waals surface area contributed by atoms with Crippen molar-refractivity contribution in [1.29, 1.82) is 0 Å². The highest BCUT2D eigenvalue weighted by molar-refractivity contribution is 5.96. The van der Waals surface area contributed by atoms with Crippen molar-refractivity contribution in [3.05, 3.63) is 11.6 Å². The van der Waals surface area contributed by atoms with Gasteiger partial charge in [-0.05, 0) is 98.9 Å². The largest absolute Gasteiger partial charge is 0.481 e. The Kier molecular flexibility index (Phi) is 6.41. The van der Waals surface area contributed by atoms with Crippen molar-refractivity contribution in [2.24, 2.45) is 50.2 Å². The van der Waals surface area contributed by atoms with Gasteiger partial charge in [0.15, 0.2) is 5.78 Å². The zero-order valence-electron chi connectivity index (χ0n) is 25.2. The third kappa shape index (κ3) is 3.49. The van der Waals surface area contributed by atoms with Crippen LogP contribution in [0.15, 0.2) is 11.6 Å². The average molecular weight is 558 g/mol. The molecule has 0 aromatic heterocycles. The summed E-state index contributed by atoms with van der Waals surface area (Å²) in [6.45, 7) is 12.4. The number of ketones is 1. The number of carboxylic acids is 2. The highest BCUT2D eigenvalue weighted by Crippen LogP contribution is 2.75. The van der Waals surface area contributed by atoms with E-state index in [-0.39, 0.29) is 29.0 Å². The van der Waals surface area contributed by atoms with E-state index < -0.39 is 51.1 Å². The molecule has 5 aliphatic carbocycles. The van der Waals surface area contributed by atoms with Gasteiger partial charge < -0.3 is 20.3 Å². The molecule has 0 saturated heterocycles. The summed E-state index contributed by atoms with van der Waals surface area (Å²) in [5.41, 5.74) is -2.62. The van der Waals surface area contributed by atoms with Crippen LogP contribution in [0.25, 0.3) is 0 Å². The Morgan fingerprint density at radius 1 is 0.875 bits per heavy atom. The summed E-state index contributed by atoms with van der Waals surface area (Å²) in [5.74, 6) is -2.41. The number of fused-ring (bicyclic) bond motifs is 7. The van der Waals surface area contributed by atoms with Gasteiger partial charge in [0.05, 0.1) is 24.0 Å². The van der Waals surface area contributed by atoms with Gasteiger partial charge >= 0.3 is 18.0 Å². The van der Waals surface area contributed by atoms with Gasteiger partial charge in [-0.1, -0.05) is 39.7 Å². The van der Waals surface area contributed by atoms with Crippen molar-refractivity contribution in [2.75, 3.05) is 7.11 Å². The van der Waals surface area contributed by atoms with Crippen LogP contribution in [-0.4, -0.2) is 47.2 Å². The van der Waals surface area contributed by atoms with Gasteiger partial charge in [0, 0.05) is 11.8 Å². The molecule has 0 bridgehead atoms. The molecule has 4 fully saturated rings. The summed E-state index contributed by atoms with van der Waals surface area (Å²) in [6.07, 6.45) is 7.75. The van der Waals surface area contributed by atoms with Crippen LogP contribution < -0.4 is 5.32 Å². The molecule has 40 heavy (non-hydrogen) atoms. The molecule has 0 aliphatic heterocycles. The highest BCUT2D eigenvalue weighted by Gasteiger charge is 2.71. The molecule has 8 heteroatoms. The number of rotatable bonds is 3. The van der Waals surface area contributed by atoms with Crippen LogP contribution in [0.2, 0.25) is 0 Å². The number of hydrogen-bond acceptors (Lipinski definition) is 5. The number of carbonyl (C=O) groups is 4. The lowest BCUT2D eigenvalue weighted by molar-refractivity contribution is -0.198. The number of alkyl carbamates (subject to hydrolysis) is 1. The summed E-state index contributed by atoms with van der Waals surface area (Å²) >= 11 is 0. The smallest absolute Gasteiger partial charge is 0.407 e. The van der Waals surface area contributed by atoms with Crippen LogP contribution in [0.5, 0.6) is 0 Å². The van der Waals surface area contributed by atoms with Crippen LogP contribution in [0.3, 0.4) is 0 Å². The molecule has 4 saturated carbocycles. The lowest BCUT2D eigenvalue weighted by atomic mass is 9.33. The van der Waals surface area contributed by atoms with Crippen LogP contribution in [0, 0.1) is 50.2 Å². The van der Waals surface area contributed by atoms with E-state index in [0.717, 1.165) is 44.1 Å². The van der Waals surface area contributed by atoms with Gasteiger partial charge in [0.1, 0.15) is 0 Å². The maximum Gasteiger partial charge on any atom is 0.407 e. The first kappa shape index (κ1) is 29.1. The second-order valence-corrected chi connectivity index (χ2v) is 15.3. The standard InChI is InChI=1S/C32H47NO7/c1-27-13-15-30(4,25(37)38)23(33-26(39)40-7)21(27)18-17-19(34)22-28(2)10-8-11-29(3,24(35)36)20(28)9-12-32(22,6)31(18,5)16-14-27/h17,20-23H,8-16H2,1-7H3,(H,33,39)(H,35,36)(H,37,38). The number of allylic oxidation sites excluding steroid dienone is 1. The molecule has 0 aromatic carbocycles. The Hall–Kier alpha value is -2.38. The molecule has 0 spiro atoms. The molecular weight excluding hydrogens is 510 g/mol. The fourth-order valence-corrected chi connectivity index (χ4v) is 11.0. The van der Waals surface area contributed by atoms with Gasteiger partial charge in [0.2, 0.25) is 0 Å². The number of aliphatic carboxylic acids is 2. The summed E-state index contributed by atoms with van der Waals surface area (Å²) in [6, 6.07) is -0.730. The topological polar surface area (TPSA) is 130 Å². The number of hydrogen-bond donors (Lipinski definition) is 3. The Morgan fingerprint density at radius 3 is 2.10 bits per heavy atom. The summed E-state index contributed by atoms with van der Waals surface area (Å²) in [4.78, 5) is 52.4. The zero-order chi connectivity index (χ0) is 29.7.